The number of rotatable bonds is 8. The van der Waals surface area contributed by atoms with E-state index in [9.17, 15) is 4.79 Å². The molecule has 3 rings (SSSR count). The summed E-state index contributed by atoms with van der Waals surface area (Å²) in [6.07, 6.45) is 1.57. The molecule has 0 radical (unpaired) electrons. The Morgan fingerprint density at radius 2 is 1.96 bits per heavy atom. The topological polar surface area (TPSA) is 59.9 Å². The highest BCUT2D eigenvalue weighted by atomic mass is 35.5. The maximum absolute atomic E-state index is 11.9. The number of carbonyl (C=O) groups excluding carboxylic acids is 1. The van der Waals surface area contributed by atoms with Gasteiger partial charge in [0.25, 0.3) is 5.91 Å². The standard InChI is InChI=1S/C21H19ClN2O3S/c1-2-26-19-12-16(13-23-24-21(25)20-4-3-11-28-20)7-10-18(19)27-14-15-5-8-17(22)9-6-15/h3-13H,2,14H2,1H3,(H,24,25)/b23-13+. The number of benzene rings is 2. The minimum absolute atomic E-state index is 0.237. The Bertz CT molecular complexity index is 941. The quantitative estimate of drug-likeness (QED) is 0.410. The van der Waals surface area contributed by atoms with Crippen LogP contribution in [0.1, 0.15) is 27.7 Å². The largest absolute Gasteiger partial charge is 0.490 e. The molecule has 0 aliphatic heterocycles. The van der Waals surface area contributed by atoms with E-state index in [0.717, 1.165) is 11.1 Å². The van der Waals surface area contributed by atoms with Crippen LogP contribution in [0.15, 0.2) is 65.1 Å². The van der Waals surface area contributed by atoms with Gasteiger partial charge in [-0.1, -0.05) is 29.8 Å². The average molecular weight is 415 g/mol. The number of hydrogen-bond acceptors (Lipinski definition) is 5. The first-order valence-electron chi connectivity index (χ1n) is 8.66. The van der Waals surface area contributed by atoms with Crippen molar-refractivity contribution in [1.82, 2.24) is 5.43 Å². The van der Waals surface area contributed by atoms with Gasteiger partial charge in [0.15, 0.2) is 11.5 Å². The van der Waals surface area contributed by atoms with Crippen LogP contribution in [0.5, 0.6) is 11.5 Å². The van der Waals surface area contributed by atoms with Crippen molar-refractivity contribution >= 4 is 35.1 Å². The van der Waals surface area contributed by atoms with Crippen molar-refractivity contribution in [3.63, 3.8) is 0 Å². The number of carbonyl (C=O) groups is 1. The third-order valence-electron chi connectivity index (χ3n) is 3.70. The van der Waals surface area contributed by atoms with Gasteiger partial charge in [-0.3, -0.25) is 4.79 Å². The average Bonchev–Trinajstić information content (AvgIpc) is 3.24. The molecular weight excluding hydrogens is 396 g/mol. The zero-order chi connectivity index (χ0) is 19.8. The van der Waals surface area contributed by atoms with E-state index in [2.05, 4.69) is 10.5 Å². The molecule has 2 aromatic carbocycles. The zero-order valence-electron chi connectivity index (χ0n) is 15.2. The number of hydrogen-bond donors (Lipinski definition) is 1. The lowest BCUT2D eigenvalue weighted by atomic mass is 10.2. The summed E-state index contributed by atoms with van der Waals surface area (Å²) in [5, 5.41) is 6.53. The van der Waals surface area contributed by atoms with E-state index < -0.39 is 0 Å². The van der Waals surface area contributed by atoms with E-state index in [1.165, 1.54) is 11.3 Å². The van der Waals surface area contributed by atoms with Crippen molar-refractivity contribution < 1.29 is 14.3 Å². The Kier molecular flexibility index (Phi) is 7.06. The van der Waals surface area contributed by atoms with Crippen LogP contribution in [0.2, 0.25) is 5.02 Å². The molecule has 0 atom stereocenters. The smallest absolute Gasteiger partial charge is 0.281 e. The van der Waals surface area contributed by atoms with Crippen LogP contribution in [0.3, 0.4) is 0 Å². The van der Waals surface area contributed by atoms with Gasteiger partial charge in [0.05, 0.1) is 17.7 Å². The summed E-state index contributed by atoms with van der Waals surface area (Å²) in [6.45, 7) is 2.82. The number of thiophene rings is 1. The van der Waals surface area contributed by atoms with Crippen LogP contribution >= 0.6 is 22.9 Å². The number of hydrazone groups is 1. The molecule has 1 heterocycles. The van der Waals surface area contributed by atoms with Crippen LogP contribution in [0, 0.1) is 0 Å². The molecule has 0 fully saturated rings. The molecule has 0 aliphatic rings. The van der Waals surface area contributed by atoms with E-state index in [1.54, 1.807) is 12.3 Å². The summed E-state index contributed by atoms with van der Waals surface area (Å²) < 4.78 is 11.6. The highest BCUT2D eigenvalue weighted by molar-refractivity contribution is 7.12. The molecule has 0 bridgehead atoms. The van der Waals surface area contributed by atoms with Gasteiger partial charge in [-0.25, -0.2) is 5.43 Å². The maximum atomic E-state index is 11.9. The Balaban J connectivity index is 1.65. The number of ether oxygens (including phenoxy) is 2. The summed E-state index contributed by atoms with van der Waals surface area (Å²) in [5.74, 6) is 1.01. The van der Waals surface area contributed by atoms with Crippen LogP contribution in [0.4, 0.5) is 0 Å². The second-order valence-corrected chi connectivity index (χ2v) is 7.11. The first-order chi connectivity index (χ1) is 13.7. The molecule has 0 unspecified atom stereocenters. The monoisotopic (exact) mass is 414 g/mol. The number of amides is 1. The van der Waals surface area contributed by atoms with Gasteiger partial charge in [0.1, 0.15) is 6.61 Å². The molecule has 0 spiro atoms. The molecule has 5 nitrogen and oxygen atoms in total. The highest BCUT2D eigenvalue weighted by Crippen LogP contribution is 2.29. The molecular formula is C21H19ClN2O3S. The number of halogens is 1. The van der Waals surface area contributed by atoms with Gasteiger partial charge >= 0.3 is 0 Å². The lowest BCUT2D eigenvalue weighted by molar-refractivity contribution is 0.0959. The zero-order valence-corrected chi connectivity index (χ0v) is 16.8. The Hall–Kier alpha value is -2.83. The minimum atomic E-state index is -0.237. The van der Waals surface area contributed by atoms with Crippen molar-refractivity contribution in [1.29, 1.82) is 0 Å². The Morgan fingerprint density at radius 3 is 2.68 bits per heavy atom. The second kappa shape index (κ2) is 9.92. The van der Waals surface area contributed by atoms with Crippen LogP contribution < -0.4 is 14.9 Å². The molecule has 28 heavy (non-hydrogen) atoms. The first kappa shape index (κ1) is 19.9. The van der Waals surface area contributed by atoms with Gasteiger partial charge in [-0.2, -0.15) is 5.10 Å². The molecule has 1 N–H and O–H groups in total. The van der Waals surface area contributed by atoms with Crippen molar-refractivity contribution in [2.45, 2.75) is 13.5 Å². The van der Waals surface area contributed by atoms with Crippen molar-refractivity contribution in [3.8, 4) is 11.5 Å². The van der Waals surface area contributed by atoms with E-state index in [-0.39, 0.29) is 5.91 Å². The second-order valence-electron chi connectivity index (χ2n) is 5.73. The van der Waals surface area contributed by atoms with Crippen LogP contribution in [-0.2, 0) is 6.61 Å². The third-order valence-corrected chi connectivity index (χ3v) is 4.82. The normalized spacial score (nSPS) is 10.8. The van der Waals surface area contributed by atoms with Crippen molar-refractivity contribution in [2.75, 3.05) is 6.61 Å². The predicted octanol–water partition coefficient (Wildman–Crippen LogP) is 5.14. The Morgan fingerprint density at radius 1 is 1.14 bits per heavy atom. The van der Waals surface area contributed by atoms with Gasteiger partial charge < -0.3 is 9.47 Å². The fourth-order valence-corrected chi connectivity index (χ4v) is 3.10. The van der Waals surface area contributed by atoms with Gasteiger partial charge in [-0.15, -0.1) is 11.3 Å². The van der Waals surface area contributed by atoms with Crippen molar-refractivity contribution in [2.24, 2.45) is 5.10 Å². The van der Waals surface area contributed by atoms with Gasteiger partial charge in [-0.05, 0) is 59.8 Å². The molecule has 144 valence electrons. The summed E-state index contributed by atoms with van der Waals surface area (Å²) in [6, 6.07) is 16.5. The minimum Gasteiger partial charge on any atom is -0.490 e. The summed E-state index contributed by atoms with van der Waals surface area (Å²) in [7, 11) is 0. The maximum Gasteiger partial charge on any atom is 0.281 e. The molecule has 0 saturated heterocycles. The van der Waals surface area contributed by atoms with E-state index in [1.807, 2.05) is 60.8 Å². The number of nitrogens with one attached hydrogen (secondary N) is 1. The van der Waals surface area contributed by atoms with Gasteiger partial charge in [0, 0.05) is 5.02 Å². The molecule has 1 amide bonds. The van der Waals surface area contributed by atoms with Gasteiger partial charge in [0.2, 0.25) is 0 Å². The lowest BCUT2D eigenvalue weighted by Crippen LogP contribution is -2.16. The van der Waals surface area contributed by atoms with Crippen molar-refractivity contribution in [3.05, 3.63) is 81.0 Å². The highest BCUT2D eigenvalue weighted by Gasteiger charge is 2.07. The van der Waals surface area contributed by atoms with E-state index >= 15 is 0 Å². The molecule has 0 saturated carbocycles. The number of nitrogens with zero attached hydrogens (tertiary/aromatic N) is 1. The van der Waals surface area contributed by atoms with Crippen LogP contribution in [-0.4, -0.2) is 18.7 Å². The SMILES string of the molecule is CCOc1cc(/C=N/NC(=O)c2cccs2)ccc1OCc1ccc(Cl)cc1. The lowest BCUT2D eigenvalue weighted by Gasteiger charge is -2.12. The third kappa shape index (κ3) is 5.58. The predicted molar refractivity (Wildman–Crippen MR) is 113 cm³/mol. The fraction of sp³-hybridized carbons (Fsp3) is 0.143. The fourth-order valence-electron chi connectivity index (χ4n) is 2.36. The summed E-state index contributed by atoms with van der Waals surface area (Å²) in [5.41, 5.74) is 4.30. The van der Waals surface area contributed by atoms with E-state index in [0.29, 0.717) is 34.6 Å². The van der Waals surface area contributed by atoms with Crippen LogP contribution in [0.25, 0.3) is 0 Å². The molecule has 3 aromatic rings. The summed E-state index contributed by atoms with van der Waals surface area (Å²) in [4.78, 5) is 12.5. The first-order valence-corrected chi connectivity index (χ1v) is 9.92. The summed E-state index contributed by atoms with van der Waals surface area (Å²) >= 11 is 7.27. The Labute approximate surface area is 172 Å². The molecule has 0 aliphatic carbocycles. The van der Waals surface area contributed by atoms with E-state index in [4.69, 9.17) is 21.1 Å². The molecule has 7 heteroatoms. The molecule has 1 aromatic heterocycles.